The van der Waals surface area contributed by atoms with E-state index < -0.39 is 5.97 Å². The number of aromatic carboxylic acids is 1. The van der Waals surface area contributed by atoms with Crippen LogP contribution in [0.3, 0.4) is 0 Å². The Labute approximate surface area is 142 Å². The minimum Gasteiger partial charge on any atom is -0.507 e. The Hall–Kier alpha value is -2.24. The van der Waals surface area contributed by atoms with Crippen LogP contribution in [0.1, 0.15) is 68.1 Å². The van der Waals surface area contributed by atoms with E-state index in [-0.39, 0.29) is 17.2 Å². The van der Waals surface area contributed by atoms with Gasteiger partial charge in [0.25, 0.3) is 0 Å². The summed E-state index contributed by atoms with van der Waals surface area (Å²) in [4.78, 5) is 21.4. The number of hydrogen-bond acceptors (Lipinski definition) is 4. The van der Waals surface area contributed by atoms with E-state index in [9.17, 15) is 14.7 Å². The zero-order chi connectivity index (χ0) is 17.8. The molecule has 0 atom stereocenters. The molecule has 1 rings (SSSR count). The van der Waals surface area contributed by atoms with Crippen molar-refractivity contribution >= 4 is 11.9 Å². The van der Waals surface area contributed by atoms with Gasteiger partial charge in [-0.25, -0.2) is 4.79 Å². The van der Waals surface area contributed by atoms with E-state index in [0.29, 0.717) is 18.8 Å². The summed E-state index contributed by atoms with van der Waals surface area (Å²) >= 11 is 0. The van der Waals surface area contributed by atoms with Crippen LogP contribution in [0.5, 0.6) is 11.5 Å². The van der Waals surface area contributed by atoms with Gasteiger partial charge in [0.2, 0.25) is 5.91 Å². The Bertz CT molecular complexity index is 530. The summed E-state index contributed by atoms with van der Waals surface area (Å²) in [5, 5.41) is 18.4. The summed E-state index contributed by atoms with van der Waals surface area (Å²) in [5.74, 6) is -1.18. The molecule has 0 aliphatic carbocycles. The monoisotopic (exact) mass is 337 g/mol. The molecule has 6 nitrogen and oxygen atoms in total. The molecule has 0 radical (unpaired) electrons. The molecule has 0 spiro atoms. The second kappa shape index (κ2) is 11.3. The molecule has 0 saturated carbocycles. The fourth-order valence-corrected chi connectivity index (χ4v) is 2.43. The number of carbonyl (C=O) groups excluding carboxylic acids is 1. The van der Waals surface area contributed by atoms with E-state index in [1.165, 1.54) is 25.0 Å². The molecule has 0 saturated heterocycles. The van der Waals surface area contributed by atoms with Gasteiger partial charge in [0.1, 0.15) is 17.1 Å². The molecule has 0 fully saturated rings. The van der Waals surface area contributed by atoms with E-state index >= 15 is 0 Å². The molecule has 24 heavy (non-hydrogen) atoms. The third-order valence-corrected chi connectivity index (χ3v) is 3.79. The van der Waals surface area contributed by atoms with Gasteiger partial charge in [-0.05, 0) is 25.0 Å². The first-order valence-corrected chi connectivity index (χ1v) is 8.48. The topological polar surface area (TPSA) is 110 Å². The number of ether oxygens (including phenoxy) is 1. The number of rotatable bonds is 13. The van der Waals surface area contributed by atoms with Crippen LogP contribution in [0.4, 0.5) is 0 Å². The van der Waals surface area contributed by atoms with Crippen molar-refractivity contribution < 1.29 is 24.5 Å². The number of phenols is 1. The lowest BCUT2D eigenvalue weighted by Gasteiger charge is -2.07. The van der Waals surface area contributed by atoms with Crippen molar-refractivity contribution in [1.29, 1.82) is 0 Å². The zero-order valence-electron chi connectivity index (χ0n) is 14.0. The quantitative estimate of drug-likeness (QED) is 0.477. The molecule has 1 aromatic carbocycles. The highest BCUT2D eigenvalue weighted by atomic mass is 16.5. The predicted molar refractivity (Wildman–Crippen MR) is 91.3 cm³/mol. The number of aromatic hydroxyl groups is 1. The molecule has 0 aromatic heterocycles. The number of carboxylic acids is 1. The maximum absolute atomic E-state index is 10.8. The van der Waals surface area contributed by atoms with Crippen LogP contribution in [0.15, 0.2) is 18.2 Å². The van der Waals surface area contributed by atoms with Gasteiger partial charge in [-0.1, -0.05) is 38.5 Å². The van der Waals surface area contributed by atoms with Gasteiger partial charge in [-0.2, -0.15) is 0 Å². The standard InChI is InChI=1S/C18H27NO5/c19-17(21)9-7-5-3-1-2-4-6-8-12-24-14-10-11-15(18(22)23)16(20)13-14/h10-11,13,20H,1-9,12H2,(H2,19,21)(H,22,23). The first-order chi connectivity index (χ1) is 11.5. The van der Waals surface area contributed by atoms with Crippen LogP contribution in [-0.2, 0) is 4.79 Å². The first kappa shape index (κ1) is 19.8. The number of nitrogens with two attached hydrogens (primary N) is 1. The molecule has 6 heteroatoms. The third kappa shape index (κ3) is 8.41. The fourth-order valence-electron chi connectivity index (χ4n) is 2.43. The molecule has 0 aliphatic rings. The van der Waals surface area contributed by atoms with Crippen LogP contribution in [-0.4, -0.2) is 28.7 Å². The van der Waals surface area contributed by atoms with E-state index in [1.807, 2.05) is 0 Å². The molecule has 134 valence electrons. The Morgan fingerprint density at radius 1 is 0.958 bits per heavy atom. The van der Waals surface area contributed by atoms with Crippen LogP contribution in [0.2, 0.25) is 0 Å². The van der Waals surface area contributed by atoms with Crippen molar-refractivity contribution in [3.8, 4) is 11.5 Å². The van der Waals surface area contributed by atoms with Crippen LogP contribution in [0, 0.1) is 0 Å². The maximum atomic E-state index is 10.8. The molecule has 1 aromatic rings. The normalized spacial score (nSPS) is 10.5. The molecule has 0 aliphatic heterocycles. The molecule has 1 amide bonds. The van der Waals surface area contributed by atoms with Gasteiger partial charge in [0.15, 0.2) is 0 Å². The number of benzene rings is 1. The van der Waals surface area contributed by atoms with Gasteiger partial charge in [0.05, 0.1) is 6.61 Å². The van der Waals surface area contributed by atoms with Gasteiger partial charge in [-0.15, -0.1) is 0 Å². The lowest BCUT2D eigenvalue weighted by molar-refractivity contribution is -0.118. The average Bonchev–Trinajstić information content (AvgIpc) is 2.52. The zero-order valence-corrected chi connectivity index (χ0v) is 14.0. The summed E-state index contributed by atoms with van der Waals surface area (Å²) in [6.07, 6.45) is 9.04. The fraction of sp³-hybridized carbons (Fsp3) is 0.556. The van der Waals surface area contributed by atoms with Gasteiger partial charge in [-0.3, -0.25) is 4.79 Å². The van der Waals surface area contributed by atoms with Gasteiger partial charge >= 0.3 is 5.97 Å². The highest BCUT2D eigenvalue weighted by Crippen LogP contribution is 2.23. The Morgan fingerprint density at radius 2 is 1.54 bits per heavy atom. The Morgan fingerprint density at radius 3 is 2.08 bits per heavy atom. The maximum Gasteiger partial charge on any atom is 0.339 e. The second-order valence-electron chi connectivity index (χ2n) is 5.88. The van der Waals surface area contributed by atoms with Crippen molar-refractivity contribution in [2.75, 3.05) is 6.61 Å². The van der Waals surface area contributed by atoms with E-state index in [1.54, 1.807) is 6.07 Å². The number of unbranched alkanes of at least 4 members (excludes halogenated alkanes) is 7. The summed E-state index contributed by atoms with van der Waals surface area (Å²) < 4.78 is 5.51. The predicted octanol–water partition coefficient (Wildman–Crippen LogP) is 3.47. The lowest BCUT2D eigenvalue weighted by Crippen LogP contribution is -2.09. The van der Waals surface area contributed by atoms with Crippen molar-refractivity contribution in [3.63, 3.8) is 0 Å². The minimum atomic E-state index is -1.16. The minimum absolute atomic E-state index is 0.127. The number of hydrogen-bond donors (Lipinski definition) is 3. The SMILES string of the molecule is NC(=O)CCCCCCCCCCOc1ccc(C(=O)O)c(O)c1. The van der Waals surface area contributed by atoms with Gasteiger partial charge in [0, 0.05) is 12.5 Å². The summed E-state index contributed by atoms with van der Waals surface area (Å²) in [6, 6.07) is 4.22. The van der Waals surface area contributed by atoms with Crippen LogP contribution in [0.25, 0.3) is 0 Å². The summed E-state index contributed by atoms with van der Waals surface area (Å²) in [6.45, 7) is 0.546. The number of primary amides is 1. The van der Waals surface area contributed by atoms with Crippen molar-refractivity contribution in [1.82, 2.24) is 0 Å². The van der Waals surface area contributed by atoms with Gasteiger partial charge < -0.3 is 20.7 Å². The van der Waals surface area contributed by atoms with Crippen molar-refractivity contribution in [2.24, 2.45) is 5.73 Å². The highest BCUT2D eigenvalue weighted by Gasteiger charge is 2.09. The smallest absolute Gasteiger partial charge is 0.339 e. The highest BCUT2D eigenvalue weighted by molar-refractivity contribution is 5.90. The molecular formula is C18H27NO5. The molecule has 0 heterocycles. The molecule has 0 unspecified atom stereocenters. The third-order valence-electron chi connectivity index (χ3n) is 3.79. The van der Waals surface area contributed by atoms with Crippen LogP contribution < -0.4 is 10.5 Å². The van der Waals surface area contributed by atoms with Crippen LogP contribution >= 0.6 is 0 Å². The molecule has 4 N–H and O–H groups in total. The summed E-state index contributed by atoms with van der Waals surface area (Å²) in [5.41, 5.74) is 4.95. The molecule has 0 bridgehead atoms. The van der Waals surface area contributed by atoms with E-state index in [2.05, 4.69) is 0 Å². The number of amides is 1. The summed E-state index contributed by atoms with van der Waals surface area (Å²) in [7, 11) is 0. The van der Waals surface area contributed by atoms with E-state index in [0.717, 1.165) is 38.5 Å². The van der Waals surface area contributed by atoms with Crippen molar-refractivity contribution in [3.05, 3.63) is 23.8 Å². The average molecular weight is 337 g/mol. The lowest BCUT2D eigenvalue weighted by atomic mass is 10.1. The van der Waals surface area contributed by atoms with E-state index in [4.69, 9.17) is 15.6 Å². The second-order valence-corrected chi connectivity index (χ2v) is 5.88. The van der Waals surface area contributed by atoms with Crippen molar-refractivity contribution in [2.45, 2.75) is 57.8 Å². The molecular weight excluding hydrogens is 310 g/mol. The Kier molecular flexibility index (Phi) is 9.34. The largest absolute Gasteiger partial charge is 0.507 e. The number of carboxylic acid groups (broad SMARTS) is 1. The Balaban J connectivity index is 2.01. The first-order valence-electron chi connectivity index (χ1n) is 8.48. The number of carbonyl (C=O) groups is 2.